The smallest absolute Gasteiger partial charge is 0.242 e. The highest BCUT2D eigenvalue weighted by atomic mass is 16.2. The van der Waals surface area contributed by atoms with E-state index in [0.717, 1.165) is 11.3 Å². The molecule has 1 radical (unpaired) electrons. The summed E-state index contributed by atoms with van der Waals surface area (Å²) >= 11 is 0. The van der Waals surface area contributed by atoms with Crippen LogP contribution in [-0.2, 0) is 16.0 Å². The first-order valence-electron chi connectivity index (χ1n) is 6.54. The van der Waals surface area contributed by atoms with E-state index >= 15 is 0 Å². The number of carbonyl (C=O) groups is 2. The molecule has 0 aromatic heterocycles. The summed E-state index contributed by atoms with van der Waals surface area (Å²) in [6.45, 7) is 1.32. The molecule has 5 nitrogen and oxygen atoms in total. The van der Waals surface area contributed by atoms with Gasteiger partial charge in [0.05, 0.1) is 11.7 Å². The van der Waals surface area contributed by atoms with Gasteiger partial charge < -0.3 is 11.1 Å². The third-order valence-corrected chi connectivity index (χ3v) is 3.88. The van der Waals surface area contributed by atoms with Gasteiger partial charge >= 0.3 is 0 Å². The molecule has 1 fully saturated rings. The Morgan fingerprint density at radius 2 is 1.95 bits per heavy atom. The molecule has 2 aliphatic rings. The van der Waals surface area contributed by atoms with Gasteiger partial charge in [-0.25, -0.2) is 0 Å². The molecule has 5 heteroatoms. The van der Waals surface area contributed by atoms with E-state index in [1.807, 2.05) is 0 Å². The van der Waals surface area contributed by atoms with Gasteiger partial charge in [-0.05, 0) is 30.2 Å². The van der Waals surface area contributed by atoms with Gasteiger partial charge in [-0.2, -0.15) is 0 Å². The summed E-state index contributed by atoms with van der Waals surface area (Å²) in [6.07, 6.45) is 1.70. The molecule has 1 amide bonds. The first kappa shape index (κ1) is 12.2. The third-order valence-electron chi connectivity index (χ3n) is 3.88. The van der Waals surface area contributed by atoms with E-state index in [0.29, 0.717) is 38.0 Å². The van der Waals surface area contributed by atoms with Crippen LogP contribution in [0.3, 0.4) is 0 Å². The van der Waals surface area contributed by atoms with E-state index in [9.17, 15) is 9.59 Å². The molecule has 1 aromatic rings. The molecule has 3 rings (SSSR count). The second kappa shape index (κ2) is 4.66. The average molecular weight is 258 g/mol. The van der Waals surface area contributed by atoms with Gasteiger partial charge in [0, 0.05) is 31.6 Å². The summed E-state index contributed by atoms with van der Waals surface area (Å²) in [5.41, 5.74) is 9.93. The van der Waals surface area contributed by atoms with Crippen LogP contribution in [0.1, 0.15) is 18.4 Å². The predicted molar refractivity (Wildman–Crippen MR) is 71.1 cm³/mol. The van der Waals surface area contributed by atoms with Crippen LogP contribution < -0.4 is 11.1 Å². The summed E-state index contributed by atoms with van der Waals surface area (Å²) in [7, 11) is 0. The first-order valence-corrected chi connectivity index (χ1v) is 6.54. The lowest BCUT2D eigenvalue weighted by Crippen LogP contribution is -2.50. The number of likely N-dealkylation sites (tertiary alicyclic amines) is 1. The van der Waals surface area contributed by atoms with Crippen molar-refractivity contribution in [2.24, 2.45) is 0 Å². The van der Waals surface area contributed by atoms with Crippen LogP contribution in [0.15, 0.2) is 18.2 Å². The number of hydrogen-bond donors (Lipinski definition) is 1. The van der Waals surface area contributed by atoms with E-state index in [4.69, 9.17) is 5.73 Å². The Hall–Kier alpha value is -1.88. The van der Waals surface area contributed by atoms with Gasteiger partial charge in [-0.3, -0.25) is 14.5 Å². The number of carbonyl (C=O) groups excluding carboxylic acids is 2. The largest absolute Gasteiger partial charge is 0.324 e. The van der Waals surface area contributed by atoms with Crippen LogP contribution >= 0.6 is 0 Å². The minimum Gasteiger partial charge on any atom is -0.324 e. The second-order valence-electron chi connectivity index (χ2n) is 5.16. The highest BCUT2D eigenvalue weighted by Crippen LogP contribution is 2.28. The Bertz CT molecular complexity index is 531. The highest BCUT2D eigenvalue weighted by molar-refractivity contribution is 5.98. The van der Waals surface area contributed by atoms with Crippen molar-refractivity contribution >= 4 is 23.1 Å². The van der Waals surface area contributed by atoms with E-state index in [-0.39, 0.29) is 17.7 Å². The number of fused-ring (bicyclic) bond motifs is 1. The Morgan fingerprint density at radius 3 is 2.68 bits per heavy atom. The standard InChI is InChI=1S/C14H16N3O2/c15-10-1-2-12-9(7-10)8-13(14(19)16-12)17-5-3-11(18)4-6-17/h1-2,7,13,15H,3-6,8H2,(H,16,19). The first-order chi connectivity index (χ1) is 9.13. The zero-order chi connectivity index (χ0) is 13.4. The van der Waals surface area contributed by atoms with Crippen molar-refractivity contribution in [3.63, 3.8) is 0 Å². The minimum absolute atomic E-state index is 0.000389. The Balaban J connectivity index is 1.81. The number of nitrogens with one attached hydrogen (secondary N) is 2. The SMILES string of the molecule is [NH]c1ccc2c(c1)CC(N1CCC(=O)CC1)C(=O)N2. The van der Waals surface area contributed by atoms with Gasteiger partial charge in [0.1, 0.15) is 5.78 Å². The van der Waals surface area contributed by atoms with Gasteiger partial charge in [-0.15, -0.1) is 0 Å². The van der Waals surface area contributed by atoms with Crippen molar-refractivity contribution in [3.8, 4) is 0 Å². The fraction of sp³-hybridized carbons (Fsp3) is 0.429. The Kier molecular flexibility index (Phi) is 2.98. The average Bonchev–Trinajstić information content (AvgIpc) is 2.40. The highest BCUT2D eigenvalue weighted by Gasteiger charge is 2.33. The molecule has 99 valence electrons. The Labute approximate surface area is 111 Å². The fourth-order valence-corrected chi connectivity index (χ4v) is 2.78. The third kappa shape index (κ3) is 2.33. The van der Waals surface area contributed by atoms with E-state index < -0.39 is 0 Å². The van der Waals surface area contributed by atoms with Crippen LogP contribution in [-0.4, -0.2) is 35.7 Å². The number of nitrogens with zero attached hydrogens (tertiary/aromatic N) is 1. The van der Waals surface area contributed by atoms with Gasteiger partial charge in [-0.1, -0.05) is 0 Å². The number of benzene rings is 1. The molecule has 0 spiro atoms. The van der Waals surface area contributed by atoms with Crippen molar-refractivity contribution in [2.45, 2.75) is 25.3 Å². The zero-order valence-electron chi connectivity index (χ0n) is 10.6. The molecule has 1 saturated heterocycles. The maximum Gasteiger partial charge on any atom is 0.242 e. The number of anilines is 1. The monoisotopic (exact) mass is 258 g/mol. The van der Waals surface area contributed by atoms with Crippen LogP contribution in [0, 0.1) is 0 Å². The minimum atomic E-state index is -0.206. The molecule has 19 heavy (non-hydrogen) atoms. The lowest BCUT2D eigenvalue weighted by atomic mass is 9.95. The van der Waals surface area contributed by atoms with Crippen molar-refractivity contribution in [3.05, 3.63) is 23.8 Å². The molecule has 0 aliphatic carbocycles. The molecule has 1 aromatic carbocycles. The fourth-order valence-electron chi connectivity index (χ4n) is 2.78. The van der Waals surface area contributed by atoms with E-state index in [2.05, 4.69) is 10.2 Å². The zero-order valence-corrected chi connectivity index (χ0v) is 10.6. The number of piperidine rings is 1. The van der Waals surface area contributed by atoms with Crippen molar-refractivity contribution in [1.82, 2.24) is 10.6 Å². The number of rotatable bonds is 1. The molecule has 2 aliphatic heterocycles. The van der Waals surface area contributed by atoms with Crippen molar-refractivity contribution in [1.29, 1.82) is 0 Å². The molecule has 2 heterocycles. The van der Waals surface area contributed by atoms with Crippen molar-refractivity contribution < 1.29 is 9.59 Å². The number of Topliss-reactive ketones (excluding diaryl/α,β-unsaturated/α-hetero) is 1. The quantitative estimate of drug-likeness (QED) is 0.820. The van der Waals surface area contributed by atoms with Crippen LogP contribution in [0.2, 0.25) is 0 Å². The predicted octanol–water partition coefficient (Wildman–Crippen LogP) is 1.13. The molecular weight excluding hydrogens is 242 g/mol. The Morgan fingerprint density at radius 1 is 1.21 bits per heavy atom. The van der Waals surface area contributed by atoms with E-state index in [1.165, 1.54) is 0 Å². The van der Waals surface area contributed by atoms with Gasteiger partial charge in [0.25, 0.3) is 0 Å². The summed E-state index contributed by atoms with van der Waals surface area (Å²) < 4.78 is 0. The molecule has 0 saturated carbocycles. The molecule has 1 atom stereocenters. The molecular formula is C14H16N3O2. The summed E-state index contributed by atoms with van der Waals surface area (Å²) in [6, 6.07) is 5.06. The van der Waals surface area contributed by atoms with Gasteiger partial charge in [0.2, 0.25) is 5.91 Å². The second-order valence-corrected chi connectivity index (χ2v) is 5.16. The van der Waals surface area contributed by atoms with E-state index in [1.54, 1.807) is 18.2 Å². The number of amides is 1. The molecule has 2 N–H and O–H groups in total. The number of ketones is 1. The van der Waals surface area contributed by atoms with Crippen LogP contribution in [0.4, 0.5) is 11.4 Å². The maximum atomic E-state index is 12.1. The molecule has 0 bridgehead atoms. The topological polar surface area (TPSA) is 73.2 Å². The normalized spacial score (nSPS) is 23.9. The van der Waals surface area contributed by atoms with Crippen LogP contribution in [0.25, 0.3) is 0 Å². The summed E-state index contributed by atoms with van der Waals surface area (Å²) in [5, 5.41) is 2.90. The lowest BCUT2D eigenvalue weighted by Gasteiger charge is -2.36. The lowest BCUT2D eigenvalue weighted by molar-refractivity contribution is -0.127. The molecule has 1 unspecified atom stereocenters. The van der Waals surface area contributed by atoms with Crippen molar-refractivity contribution in [2.75, 3.05) is 18.4 Å². The number of hydrogen-bond acceptors (Lipinski definition) is 3. The summed E-state index contributed by atoms with van der Waals surface area (Å²) in [5.74, 6) is 0.279. The summed E-state index contributed by atoms with van der Waals surface area (Å²) in [4.78, 5) is 25.5. The van der Waals surface area contributed by atoms with Gasteiger partial charge in [0.15, 0.2) is 0 Å². The maximum absolute atomic E-state index is 12.1. The van der Waals surface area contributed by atoms with Crippen LogP contribution in [0.5, 0.6) is 0 Å².